The van der Waals surface area contributed by atoms with Crippen LogP contribution < -0.4 is 0 Å². The molecular formula is C19H22N2O5S2. The summed E-state index contributed by atoms with van der Waals surface area (Å²) in [5, 5.41) is 10.3. The number of hydrogen-bond acceptors (Lipinski definition) is 5. The third-order valence-corrected chi connectivity index (χ3v) is 7.13. The van der Waals surface area contributed by atoms with Crippen molar-refractivity contribution in [3.63, 3.8) is 0 Å². The Labute approximate surface area is 169 Å². The lowest BCUT2D eigenvalue weighted by Crippen LogP contribution is -2.46. The normalized spacial score (nSPS) is 20.4. The Kier molecular flexibility index (Phi) is 5.97. The number of carboxylic acids is 1. The third kappa shape index (κ3) is 4.16. The standard InChI is InChI=1S/C19H22N2O5S2/c1-20(9-8-18(22)23)19(24)17-11-15(27)12-21(17)28(25,26)16-7-6-13-4-2-3-5-14(13)10-16/h2-7,10,15,17,27H,8-9,11-12H2,1H3,(H,22,23)/t15-,17+/m1/s1. The van der Waals surface area contributed by atoms with Crippen LogP contribution in [0.4, 0.5) is 0 Å². The van der Waals surface area contributed by atoms with Gasteiger partial charge < -0.3 is 10.0 Å². The summed E-state index contributed by atoms with van der Waals surface area (Å²) in [4.78, 5) is 25.0. The second-order valence-corrected chi connectivity index (χ2v) is 9.51. The van der Waals surface area contributed by atoms with Gasteiger partial charge in [-0.1, -0.05) is 30.3 Å². The molecule has 1 aliphatic rings. The van der Waals surface area contributed by atoms with Gasteiger partial charge in [-0.3, -0.25) is 9.59 Å². The maximum atomic E-state index is 13.3. The molecule has 3 rings (SSSR count). The molecule has 7 nitrogen and oxygen atoms in total. The average molecular weight is 423 g/mol. The summed E-state index contributed by atoms with van der Waals surface area (Å²) >= 11 is 4.39. The summed E-state index contributed by atoms with van der Waals surface area (Å²) in [5.74, 6) is -1.43. The molecule has 9 heteroatoms. The summed E-state index contributed by atoms with van der Waals surface area (Å²) < 4.78 is 27.7. The quantitative estimate of drug-likeness (QED) is 0.693. The van der Waals surface area contributed by atoms with Gasteiger partial charge >= 0.3 is 5.97 Å². The van der Waals surface area contributed by atoms with Crippen LogP contribution in [0.2, 0.25) is 0 Å². The van der Waals surface area contributed by atoms with Crippen LogP contribution in [0.1, 0.15) is 12.8 Å². The second kappa shape index (κ2) is 8.10. The highest BCUT2D eigenvalue weighted by molar-refractivity contribution is 7.89. The molecule has 0 radical (unpaired) electrons. The minimum absolute atomic E-state index is 0.0196. The number of benzene rings is 2. The van der Waals surface area contributed by atoms with E-state index in [4.69, 9.17) is 5.11 Å². The van der Waals surface area contributed by atoms with Gasteiger partial charge in [0.25, 0.3) is 0 Å². The highest BCUT2D eigenvalue weighted by Gasteiger charge is 2.43. The minimum Gasteiger partial charge on any atom is -0.481 e. The fraction of sp³-hybridized carbons (Fsp3) is 0.368. The van der Waals surface area contributed by atoms with E-state index < -0.39 is 27.9 Å². The topological polar surface area (TPSA) is 95.0 Å². The van der Waals surface area contributed by atoms with Gasteiger partial charge in [-0.05, 0) is 29.3 Å². The van der Waals surface area contributed by atoms with Crippen LogP contribution in [0, 0.1) is 0 Å². The van der Waals surface area contributed by atoms with Crippen molar-refractivity contribution < 1.29 is 23.1 Å². The Balaban J connectivity index is 1.89. The number of rotatable bonds is 6. The van der Waals surface area contributed by atoms with Crippen LogP contribution in [0.25, 0.3) is 10.8 Å². The molecule has 1 N–H and O–H groups in total. The Morgan fingerprint density at radius 1 is 1.21 bits per heavy atom. The van der Waals surface area contributed by atoms with Gasteiger partial charge in [-0.25, -0.2) is 8.42 Å². The number of carbonyl (C=O) groups is 2. The molecule has 1 fully saturated rings. The average Bonchev–Trinajstić information content (AvgIpc) is 3.07. The Hall–Kier alpha value is -2.10. The van der Waals surface area contributed by atoms with Gasteiger partial charge in [-0.15, -0.1) is 0 Å². The summed E-state index contributed by atoms with van der Waals surface area (Å²) in [5.41, 5.74) is 0. The molecule has 28 heavy (non-hydrogen) atoms. The number of hydrogen-bond donors (Lipinski definition) is 2. The van der Waals surface area contributed by atoms with Gasteiger partial charge in [0.15, 0.2) is 0 Å². The lowest BCUT2D eigenvalue weighted by molar-refractivity contribution is -0.138. The molecule has 2 atom stereocenters. The number of amides is 1. The Morgan fingerprint density at radius 3 is 2.57 bits per heavy atom. The van der Waals surface area contributed by atoms with E-state index in [1.807, 2.05) is 24.3 Å². The fourth-order valence-corrected chi connectivity index (χ4v) is 5.53. The molecule has 1 amide bonds. The van der Waals surface area contributed by atoms with E-state index in [-0.39, 0.29) is 36.1 Å². The number of nitrogens with zero attached hydrogens (tertiary/aromatic N) is 2. The van der Waals surface area contributed by atoms with Crippen molar-refractivity contribution in [1.29, 1.82) is 0 Å². The molecule has 0 bridgehead atoms. The van der Waals surface area contributed by atoms with E-state index in [0.717, 1.165) is 10.8 Å². The predicted octanol–water partition coefficient (Wildman–Crippen LogP) is 1.83. The van der Waals surface area contributed by atoms with E-state index >= 15 is 0 Å². The van der Waals surface area contributed by atoms with Crippen molar-refractivity contribution in [2.45, 2.75) is 29.0 Å². The number of thiol groups is 1. The van der Waals surface area contributed by atoms with E-state index in [0.29, 0.717) is 0 Å². The van der Waals surface area contributed by atoms with Gasteiger partial charge in [0.1, 0.15) is 6.04 Å². The highest BCUT2D eigenvalue weighted by Crippen LogP contribution is 2.31. The molecule has 2 aromatic carbocycles. The molecular weight excluding hydrogens is 400 g/mol. The molecule has 1 saturated heterocycles. The van der Waals surface area contributed by atoms with Crippen molar-refractivity contribution >= 4 is 45.3 Å². The number of fused-ring (bicyclic) bond motifs is 1. The fourth-order valence-electron chi connectivity index (χ4n) is 3.37. The first-order valence-electron chi connectivity index (χ1n) is 8.85. The third-order valence-electron chi connectivity index (χ3n) is 4.88. The van der Waals surface area contributed by atoms with Crippen LogP contribution in [0.3, 0.4) is 0 Å². The van der Waals surface area contributed by atoms with Crippen molar-refractivity contribution in [3.8, 4) is 0 Å². The van der Waals surface area contributed by atoms with Crippen LogP contribution in [-0.2, 0) is 19.6 Å². The smallest absolute Gasteiger partial charge is 0.305 e. The van der Waals surface area contributed by atoms with Crippen molar-refractivity contribution in [2.75, 3.05) is 20.1 Å². The number of sulfonamides is 1. The zero-order chi connectivity index (χ0) is 20.5. The predicted molar refractivity (Wildman–Crippen MR) is 109 cm³/mol. The number of carbonyl (C=O) groups excluding carboxylic acids is 1. The number of aliphatic carboxylic acids is 1. The molecule has 1 heterocycles. The monoisotopic (exact) mass is 422 g/mol. The van der Waals surface area contributed by atoms with E-state index in [9.17, 15) is 18.0 Å². The maximum absolute atomic E-state index is 13.3. The maximum Gasteiger partial charge on any atom is 0.305 e. The van der Waals surface area contributed by atoms with Crippen molar-refractivity contribution in [3.05, 3.63) is 42.5 Å². The van der Waals surface area contributed by atoms with Crippen LogP contribution in [0.5, 0.6) is 0 Å². The first-order valence-corrected chi connectivity index (χ1v) is 10.8. The molecule has 150 valence electrons. The molecule has 0 saturated carbocycles. The van der Waals surface area contributed by atoms with Gasteiger partial charge in [0.2, 0.25) is 15.9 Å². The Bertz CT molecular complexity index is 1010. The van der Waals surface area contributed by atoms with Crippen molar-refractivity contribution in [2.24, 2.45) is 0 Å². The lowest BCUT2D eigenvalue weighted by atomic mass is 10.1. The van der Waals surface area contributed by atoms with E-state index in [1.165, 1.54) is 16.3 Å². The molecule has 0 aliphatic carbocycles. The summed E-state index contributed by atoms with van der Waals surface area (Å²) in [7, 11) is -2.42. The van der Waals surface area contributed by atoms with Crippen molar-refractivity contribution in [1.82, 2.24) is 9.21 Å². The summed E-state index contributed by atoms with van der Waals surface area (Å²) in [6, 6.07) is 11.4. The molecule has 0 aromatic heterocycles. The van der Waals surface area contributed by atoms with Crippen LogP contribution in [0.15, 0.2) is 47.4 Å². The van der Waals surface area contributed by atoms with E-state index in [2.05, 4.69) is 12.6 Å². The summed E-state index contributed by atoms with van der Waals surface area (Å²) in [6.45, 7) is 0.146. The lowest BCUT2D eigenvalue weighted by Gasteiger charge is -2.27. The van der Waals surface area contributed by atoms with Gasteiger partial charge in [0, 0.05) is 25.4 Å². The van der Waals surface area contributed by atoms with Crippen LogP contribution in [-0.4, -0.2) is 66.0 Å². The minimum atomic E-state index is -3.90. The van der Waals surface area contributed by atoms with Gasteiger partial charge in [0.05, 0.1) is 11.3 Å². The molecule has 1 aliphatic heterocycles. The molecule has 2 aromatic rings. The molecule has 0 spiro atoms. The highest BCUT2D eigenvalue weighted by atomic mass is 32.2. The molecule has 0 unspecified atom stereocenters. The van der Waals surface area contributed by atoms with E-state index in [1.54, 1.807) is 18.2 Å². The number of likely N-dealkylation sites (N-methyl/N-ethyl adjacent to an activating group) is 1. The summed E-state index contributed by atoms with van der Waals surface area (Å²) in [6.07, 6.45) is 0.0862. The zero-order valence-corrected chi connectivity index (χ0v) is 17.1. The first kappa shape index (κ1) is 20.6. The van der Waals surface area contributed by atoms with Crippen LogP contribution >= 0.6 is 12.6 Å². The Morgan fingerprint density at radius 2 is 1.89 bits per heavy atom. The second-order valence-electron chi connectivity index (χ2n) is 6.89. The van der Waals surface area contributed by atoms with Gasteiger partial charge in [-0.2, -0.15) is 16.9 Å². The largest absolute Gasteiger partial charge is 0.481 e. The zero-order valence-electron chi connectivity index (χ0n) is 15.4. The number of carboxylic acid groups (broad SMARTS) is 1. The SMILES string of the molecule is CN(CCC(=O)O)C(=O)[C@@H]1C[C@@H](S)CN1S(=O)(=O)c1ccc2ccccc2c1. The first-order chi connectivity index (χ1) is 13.2.